The lowest BCUT2D eigenvalue weighted by molar-refractivity contribution is -0.167. The first-order valence-corrected chi connectivity index (χ1v) is 5.17. The molecule has 2 heteroatoms. The summed E-state index contributed by atoms with van der Waals surface area (Å²) in [5, 5.41) is 9.02. The molecule has 3 aliphatic carbocycles. The third-order valence-corrected chi connectivity index (χ3v) is 4.67. The third kappa shape index (κ3) is 1.04. The van der Waals surface area contributed by atoms with Crippen LogP contribution in [-0.4, -0.2) is 11.1 Å². The fraction of sp³-hybridized carbons (Fsp3) is 0.909. The van der Waals surface area contributed by atoms with Crippen LogP contribution in [0.15, 0.2) is 0 Å². The largest absolute Gasteiger partial charge is 0.481 e. The second-order valence-corrected chi connectivity index (χ2v) is 5.40. The minimum atomic E-state index is -0.585. The molecule has 3 rings (SSSR count). The smallest absolute Gasteiger partial charge is 0.306 e. The number of rotatable bonds is 1. The van der Waals surface area contributed by atoms with E-state index in [1.165, 1.54) is 6.42 Å². The monoisotopic (exact) mass is 182 g/mol. The highest BCUT2D eigenvalue weighted by Gasteiger charge is 2.57. The van der Waals surface area contributed by atoms with E-state index in [4.69, 9.17) is 5.11 Å². The van der Waals surface area contributed by atoms with Crippen molar-refractivity contribution in [1.82, 2.24) is 0 Å². The number of carboxylic acids is 1. The van der Waals surface area contributed by atoms with Gasteiger partial charge in [0.1, 0.15) is 0 Å². The molecule has 0 amide bonds. The quantitative estimate of drug-likeness (QED) is 0.676. The van der Waals surface area contributed by atoms with Crippen molar-refractivity contribution in [2.45, 2.75) is 33.6 Å². The second-order valence-electron chi connectivity index (χ2n) is 5.40. The molecule has 0 heterocycles. The SMILES string of the molecule is C[C@H]1[C@@H](C(=O)O)C[C@@H]2C[C@@H]1C2(C)C. The van der Waals surface area contributed by atoms with E-state index in [-0.39, 0.29) is 5.92 Å². The number of carbonyl (C=O) groups is 1. The summed E-state index contributed by atoms with van der Waals surface area (Å²) in [4.78, 5) is 10.9. The van der Waals surface area contributed by atoms with Gasteiger partial charge in [-0.25, -0.2) is 0 Å². The Morgan fingerprint density at radius 2 is 2.00 bits per heavy atom. The van der Waals surface area contributed by atoms with E-state index < -0.39 is 5.97 Å². The molecule has 0 saturated heterocycles. The Morgan fingerprint density at radius 1 is 1.38 bits per heavy atom. The summed E-state index contributed by atoms with van der Waals surface area (Å²) in [5.74, 6) is 1.02. The fourth-order valence-electron chi connectivity index (χ4n) is 3.48. The van der Waals surface area contributed by atoms with Gasteiger partial charge < -0.3 is 5.11 Å². The molecule has 2 bridgehead atoms. The van der Waals surface area contributed by atoms with Gasteiger partial charge in [-0.2, -0.15) is 0 Å². The van der Waals surface area contributed by atoms with Gasteiger partial charge in [-0.1, -0.05) is 20.8 Å². The molecule has 3 aliphatic rings. The Hall–Kier alpha value is -0.530. The Balaban J connectivity index is 2.16. The van der Waals surface area contributed by atoms with Crippen LogP contribution in [0.5, 0.6) is 0 Å². The van der Waals surface area contributed by atoms with Crippen molar-refractivity contribution in [3.63, 3.8) is 0 Å². The Labute approximate surface area is 79.3 Å². The van der Waals surface area contributed by atoms with E-state index in [2.05, 4.69) is 20.8 Å². The van der Waals surface area contributed by atoms with Gasteiger partial charge in [0.15, 0.2) is 0 Å². The van der Waals surface area contributed by atoms with Gasteiger partial charge in [0, 0.05) is 0 Å². The highest BCUT2D eigenvalue weighted by molar-refractivity contribution is 5.70. The first-order valence-electron chi connectivity index (χ1n) is 5.17. The topological polar surface area (TPSA) is 37.3 Å². The van der Waals surface area contributed by atoms with Gasteiger partial charge in [-0.15, -0.1) is 0 Å². The van der Waals surface area contributed by atoms with E-state index in [0.717, 1.165) is 6.42 Å². The molecule has 3 saturated carbocycles. The molecule has 0 radical (unpaired) electrons. The van der Waals surface area contributed by atoms with Crippen LogP contribution in [0.4, 0.5) is 0 Å². The van der Waals surface area contributed by atoms with Crippen molar-refractivity contribution in [3.05, 3.63) is 0 Å². The van der Waals surface area contributed by atoms with Crippen LogP contribution in [-0.2, 0) is 4.79 Å². The maximum absolute atomic E-state index is 10.9. The van der Waals surface area contributed by atoms with Gasteiger partial charge in [-0.3, -0.25) is 4.79 Å². The van der Waals surface area contributed by atoms with Crippen LogP contribution in [0.2, 0.25) is 0 Å². The van der Waals surface area contributed by atoms with Crippen molar-refractivity contribution in [1.29, 1.82) is 0 Å². The van der Waals surface area contributed by atoms with Gasteiger partial charge in [0.2, 0.25) is 0 Å². The molecular weight excluding hydrogens is 164 g/mol. The molecule has 0 spiro atoms. The molecule has 4 atom stereocenters. The summed E-state index contributed by atoms with van der Waals surface area (Å²) in [6.45, 7) is 6.70. The average molecular weight is 182 g/mol. The molecule has 0 unspecified atom stereocenters. The van der Waals surface area contributed by atoms with Gasteiger partial charge >= 0.3 is 5.97 Å². The molecule has 1 N–H and O–H groups in total. The third-order valence-electron chi connectivity index (χ3n) is 4.67. The Kier molecular flexibility index (Phi) is 1.73. The predicted octanol–water partition coefficient (Wildman–Crippen LogP) is 2.39. The molecule has 0 aromatic rings. The van der Waals surface area contributed by atoms with Crippen LogP contribution in [0, 0.1) is 29.1 Å². The van der Waals surface area contributed by atoms with Crippen molar-refractivity contribution < 1.29 is 9.90 Å². The van der Waals surface area contributed by atoms with Crippen molar-refractivity contribution in [2.24, 2.45) is 29.1 Å². The van der Waals surface area contributed by atoms with Crippen LogP contribution in [0.1, 0.15) is 33.6 Å². The first kappa shape index (κ1) is 9.04. The van der Waals surface area contributed by atoms with Crippen LogP contribution in [0.3, 0.4) is 0 Å². The van der Waals surface area contributed by atoms with Crippen molar-refractivity contribution >= 4 is 5.97 Å². The Morgan fingerprint density at radius 3 is 2.38 bits per heavy atom. The first-order chi connectivity index (χ1) is 5.94. The lowest BCUT2D eigenvalue weighted by Crippen LogP contribution is -2.56. The molecule has 74 valence electrons. The van der Waals surface area contributed by atoms with E-state index >= 15 is 0 Å². The van der Waals surface area contributed by atoms with Crippen LogP contribution < -0.4 is 0 Å². The maximum atomic E-state index is 10.9. The summed E-state index contributed by atoms with van der Waals surface area (Å²) >= 11 is 0. The minimum Gasteiger partial charge on any atom is -0.481 e. The molecule has 3 fully saturated rings. The lowest BCUT2D eigenvalue weighted by atomic mass is 9.43. The van der Waals surface area contributed by atoms with Gasteiger partial charge in [0.05, 0.1) is 5.92 Å². The van der Waals surface area contributed by atoms with E-state index in [9.17, 15) is 4.79 Å². The van der Waals surface area contributed by atoms with Crippen molar-refractivity contribution in [3.8, 4) is 0 Å². The molecule has 13 heavy (non-hydrogen) atoms. The normalized spacial score (nSPS) is 46.7. The Bertz CT molecular complexity index is 244. The van der Waals surface area contributed by atoms with Gasteiger partial charge in [0.25, 0.3) is 0 Å². The van der Waals surface area contributed by atoms with Crippen LogP contribution >= 0.6 is 0 Å². The van der Waals surface area contributed by atoms with E-state index in [0.29, 0.717) is 23.2 Å². The zero-order valence-corrected chi connectivity index (χ0v) is 8.58. The molecule has 0 aliphatic heterocycles. The number of hydrogen-bond donors (Lipinski definition) is 1. The minimum absolute atomic E-state index is 0.0724. The molecule has 0 aromatic heterocycles. The summed E-state index contributed by atoms with van der Waals surface area (Å²) < 4.78 is 0. The summed E-state index contributed by atoms with van der Waals surface area (Å²) in [7, 11) is 0. The highest BCUT2D eigenvalue weighted by Crippen LogP contribution is 2.62. The number of fused-ring (bicyclic) bond motifs is 2. The second kappa shape index (κ2) is 2.49. The van der Waals surface area contributed by atoms with Crippen LogP contribution in [0.25, 0.3) is 0 Å². The van der Waals surface area contributed by atoms with E-state index in [1.807, 2.05) is 0 Å². The summed E-state index contributed by atoms with van der Waals surface area (Å²) in [6.07, 6.45) is 2.16. The predicted molar refractivity (Wildman–Crippen MR) is 50.3 cm³/mol. The maximum Gasteiger partial charge on any atom is 0.306 e. The highest BCUT2D eigenvalue weighted by atomic mass is 16.4. The van der Waals surface area contributed by atoms with Gasteiger partial charge in [-0.05, 0) is 36.0 Å². The average Bonchev–Trinajstić information content (AvgIpc) is 2.02. The lowest BCUT2D eigenvalue weighted by Gasteiger charge is -2.61. The standard InChI is InChI=1S/C11H18O2/c1-6-8(10(12)13)4-7-5-9(6)11(7,2)3/h6-9H,4-5H2,1-3H3,(H,12,13)/t6-,7+,8-,9-/m0/s1. The fourth-order valence-corrected chi connectivity index (χ4v) is 3.48. The molecule has 2 nitrogen and oxygen atoms in total. The zero-order chi connectivity index (χ0) is 9.80. The summed E-state index contributed by atoms with van der Waals surface area (Å²) in [6, 6.07) is 0. The summed E-state index contributed by atoms with van der Waals surface area (Å²) in [5.41, 5.74) is 0.408. The molecule has 0 aromatic carbocycles. The van der Waals surface area contributed by atoms with E-state index in [1.54, 1.807) is 0 Å². The molecular formula is C11H18O2. The van der Waals surface area contributed by atoms with Crippen molar-refractivity contribution in [2.75, 3.05) is 0 Å². The number of hydrogen-bond acceptors (Lipinski definition) is 1. The number of aliphatic carboxylic acids is 1. The zero-order valence-electron chi connectivity index (χ0n) is 8.58. The number of carboxylic acid groups (broad SMARTS) is 1.